The highest BCUT2D eigenvalue weighted by Crippen LogP contribution is 2.27. The van der Waals surface area contributed by atoms with Gasteiger partial charge in [-0.3, -0.25) is 10.1 Å². The summed E-state index contributed by atoms with van der Waals surface area (Å²) in [5, 5.41) is 31.1. The van der Waals surface area contributed by atoms with Gasteiger partial charge in [0.25, 0.3) is 0 Å². The molecule has 0 amide bonds. The number of non-ortho nitro benzene ring substituents is 1. The van der Waals surface area contributed by atoms with Crippen LogP contribution in [0, 0.1) is 17.0 Å². The second-order valence-corrected chi connectivity index (χ2v) is 4.20. The summed E-state index contributed by atoms with van der Waals surface area (Å²) < 4.78 is 5.81. The molecule has 0 saturated carbocycles. The van der Waals surface area contributed by atoms with Crippen molar-refractivity contribution in [2.75, 3.05) is 0 Å². The van der Waals surface area contributed by atoms with Gasteiger partial charge < -0.3 is 5.11 Å². The molecule has 21 heavy (non-hydrogen) atoms. The predicted molar refractivity (Wildman–Crippen MR) is 67.3 cm³/mol. The van der Waals surface area contributed by atoms with Gasteiger partial charge in [0.15, 0.2) is 5.52 Å². The Morgan fingerprint density at radius 1 is 1.38 bits per heavy atom. The van der Waals surface area contributed by atoms with Gasteiger partial charge in [0, 0.05) is 12.3 Å². The molecule has 0 aliphatic carbocycles. The standard InChI is InChI=1S/C11H7N5O5/c1-5-6(11(17)18)4-15(12-5)7-2-3-8(16(19)20)10-9(7)13-21-14-10/h2-4H,1H3,(H,17,18). The number of fused-ring (bicyclic) bond motifs is 1. The Hall–Kier alpha value is -3.30. The number of carboxylic acid groups (broad SMARTS) is 1. The minimum Gasteiger partial charge on any atom is -0.478 e. The number of hydrogen-bond donors (Lipinski definition) is 1. The Balaban J connectivity index is 2.24. The number of hydrogen-bond acceptors (Lipinski definition) is 7. The number of carboxylic acids is 1. The van der Waals surface area contributed by atoms with Gasteiger partial charge in [0.05, 0.1) is 16.3 Å². The van der Waals surface area contributed by atoms with Crippen LogP contribution in [0.5, 0.6) is 0 Å². The molecule has 2 aromatic heterocycles. The Morgan fingerprint density at radius 2 is 2.10 bits per heavy atom. The summed E-state index contributed by atoms with van der Waals surface area (Å²) >= 11 is 0. The van der Waals surface area contributed by atoms with Gasteiger partial charge in [-0.1, -0.05) is 0 Å². The van der Waals surface area contributed by atoms with Crippen LogP contribution in [0.2, 0.25) is 0 Å². The molecule has 0 fully saturated rings. The van der Waals surface area contributed by atoms with E-state index in [4.69, 9.17) is 5.11 Å². The Labute approximate surface area is 115 Å². The zero-order valence-electron chi connectivity index (χ0n) is 10.5. The smallest absolute Gasteiger partial charge is 0.339 e. The molecular formula is C11H7N5O5. The highest BCUT2D eigenvalue weighted by atomic mass is 16.6. The van der Waals surface area contributed by atoms with Crippen molar-refractivity contribution in [3.8, 4) is 5.69 Å². The predicted octanol–water partition coefficient (Wildman–Crippen LogP) is 1.32. The first-order valence-electron chi connectivity index (χ1n) is 5.68. The van der Waals surface area contributed by atoms with Gasteiger partial charge in [-0.15, -0.1) is 0 Å². The number of aryl methyl sites for hydroxylation is 1. The number of nitrogens with zero attached hydrogens (tertiary/aromatic N) is 5. The molecule has 0 unspecified atom stereocenters. The third-order valence-corrected chi connectivity index (χ3v) is 2.95. The summed E-state index contributed by atoms with van der Waals surface area (Å²) in [4.78, 5) is 21.3. The summed E-state index contributed by atoms with van der Waals surface area (Å²) in [6, 6.07) is 2.64. The molecule has 10 heteroatoms. The van der Waals surface area contributed by atoms with Crippen molar-refractivity contribution in [2.24, 2.45) is 0 Å². The van der Waals surface area contributed by atoms with Gasteiger partial charge in [0.2, 0.25) is 5.52 Å². The Bertz CT molecular complexity index is 880. The maximum absolute atomic E-state index is 11.0. The lowest BCUT2D eigenvalue weighted by atomic mass is 10.2. The molecule has 106 valence electrons. The molecule has 1 N–H and O–H groups in total. The fourth-order valence-corrected chi connectivity index (χ4v) is 1.97. The normalized spacial score (nSPS) is 10.9. The summed E-state index contributed by atoms with van der Waals surface area (Å²) in [7, 11) is 0. The van der Waals surface area contributed by atoms with Crippen LogP contribution in [-0.2, 0) is 0 Å². The number of aromatic nitrogens is 4. The number of nitro benzene ring substituents is 1. The van der Waals surface area contributed by atoms with E-state index in [-0.39, 0.29) is 22.3 Å². The van der Waals surface area contributed by atoms with Crippen molar-refractivity contribution in [3.05, 3.63) is 39.7 Å². The molecule has 0 aliphatic rings. The van der Waals surface area contributed by atoms with E-state index in [1.54, 1.807) is 6.92 Å². The average molecular weight is 289 g/mol. The largest absolute Gasteiger partial charge is 0.478 e. The van der Waals surface area contributed by atoms with E-state index in [0.717, 1.165) is 0 Å². The summed E-state index contributed by atoms with van der Waals surface area (Å²) in [6.45, 7) is 1.55. The Kier molecular flexibility index (Phi) is 2.65. The molecule has 10 nitrogen and oxygen atoms in total. The second kappa shape index (κ2) is 4.37. The zero-order valence-corrected chi connectivity index (χ0v) is 10.5. The fourth-order valence-electron chi connectivity index (χ4n) is 1.97. The summed E-state index contributed by atoms with van der Waals surface area (Å²) in [5.41, 5.74) is 0.527. The van der Waals surface area contributed by atoms with Crippen LogP contribution in [-0.4, -0.2) is 36.1 Å². The van der Waals surface area contributed by atoms with Crippen molar-refractivity contribution < 1.29 is 19.5 Å². The lowest BCUT2D eigenvalue weighted by Gasteiger charge is -2.00. The maximum Gasteiger partial charge on any atom is 0.339 e. The minimum absolute atomic E-state index is 0.0254. The van der Waals surface area contributed by atoms with E-state index >= 15 is 0 Å². The average Bonchev–Trinajstić information content (AvgIpc) is 3.03. The molecule has 2 heterocycles. The van der Waals surface area contributed by atoms with Gasteiger partial charge >= 0.3 is 11.7 Å². The van der Waals surface area contributed by atoms with Crippen LogP contribution in [0.3, 0.4) is 0 Å². The minimum atomic E-state index is -1.12. The molecule has 3 rings (SSSR count). The zero-order chi connectivity index (χ0) is 15.1. The van der Waals surface area contributed by atoms with E-state index in [1.807, 2.05) is 0 Å². The van der Waals surface area contributed by atoms with E-state index < -0.39 is 10.9 Å². The highest BCUT2D eigenvalue weighted by molar-refractivity contribution is 5.91. The SMILES string of the molecule is Cc1nn(-c2ccc([N+](=O)[O-])c3nonc23)cc1C(=O)O. The highest BCUT2D eigenvalue weighted by Gasteiger charge is 2.22. The monoisotopic (exact) mass is 289 g/mol. The first kappa shape index (κ1) is 12.7. The number of benzene rings is 1. The van der Waals surface area contributed by atoms with Gasteiger partial charge in [-0.05, 0) is 23.3 Å². The van der Waals surface area contributed by atoms with Gasteiger partial charge in [-0.25, -0.2) is 14.1 Å². The lowest BCUT2D eigenvalue weighted by molar-refractivity contribution is -0.383. The van der Waals surface area contributed by atoms with Crippen LogP contribution >= 0.6 is 0 Å². The Morgan fingerprint density at radius 3 is 2.71 bits per heavy atom. The number of aromatic carboxylic acids is 1. The molecule has 0 spiro atoms. The van der Waals surface area contributed by atoms with E-state index in [9.17, 15) is 14.9 Å². The quantitative estimate of drug-likeness (QED) is 0.562. The third kappa shape index (κ3) is 1.89. The fraction of sp³-hybridized carbons (Fsp3) is 0.0909. The van der Waals surface area contributed by atoms with Crippen molar-refractivity contribution in [3.63, 3.8) is 0 Å². The van der Waals surface area contributed by atoms with Crippen molar-refractivity contribution in [2.45, 2.75) is 6.92 Å². The second-order valence-electron chi connectivity index (χ2n) is 4.20. The summed E-state index contributed by atoms with van der Waals surface area (Å²) in [6.07, 6.45) is 1.30. The van der Waals surface area contributed by atoms with Crippen LogP contribution in [0.25, 0.3) is 16.7 Å². The van der Waals surface area contributed by atoms with Crippen LogP contribution < -0.4 is 0 Å². The van der Waals surface area contributed by atoms with E-state index in [2.05, 4.69) is 20.0 Å². The topological polar surface area (TPSA) is 137 Å². The molecular weight excluding hydrogens is 282 g/mol. The first-order valence-corrected chi connectivity index (χ1v) is 5.68. The number of nitro groups is 1. The van der Waals surface area contributed by atoms with Crippen molar-refractivity contribution in [1.29, 1.82) is 0 Å². The van der Waals surface area contributed by atoms with Crippen molar-refractivity contribution in [1.82, 2.24) is 20.1 Å². The number of carbonyl (C=O) groups is 1. The van der Waals surface area contributed by atoms with Gasteiger partial charge in [-0.2, -0.15) is 5.10 Å². The molecule has 0 atom stereocenters. The molecule has 0 bridgehead atoms. The maximum atomic E-state index is 11.0. The lowest BCUT2D eigenvalue weighted by Crippen LogP contribution is -1.98. The molecule has 1 aromatic carbocycles. The van der Waals surface area contributed by atoms with E-state index in [0.29, 0.717) is 11.4 Å². The third-order valence-electron chi connectivity index (χ3n) is 2.95. The van der Waals surface area contributed by atoms with Crippen LogP contribution in [0.1, 0.15) is 16.1 Å². The molecule has 3 aromatic rings. The number of rotatable bonds is 3. The molecule has 0 aliphatic heterocycles. The molecule has 0 radical (unpaired) electrons. The first-order chi connectivity index (χ1) is 9.99. The van der Waals surface area contributed by atoms with E-state index in [1.165, 1.54) is 23.0 Å². The van der Waals surface area contributed by atoms with Crippen molar-refractivity contribution >= 4 is 22.7 Å². The van der Waals surface area contributed by atoms with Crippen LogP contribution in [0.15, 0.2) is 23.0 Å². The molecule has 0 saturated heterocycles. The van der Waals surface area contributed by atoms with Crippen LogP contribution in [0.4, 0.5) is 5.69 Å². The van der Waals surface area contributed by atoms with Gasteiger partial charge in [0.1, 0.15) is 5.56 Å². The summed E-state index contributed by atoms with van der Waals surface area (Å²) in [5.74, 6) is -1.12.